The molecule has 1 aromatic rings. The van der Waals surface area contributed by atoms with Gasteiger partial charge >= 0.3 is 23.9 Å². The van der Waals surface area contributed by atoms with E-state index in [1.54, 1.807) is 6.92 Å². The van der Waals surface area contributed by atoms with Crippen LogP contribution in [0.2, 0.25) is 0 Å². The normalized spacial score (nSPS) is 9.50. The molecule has 0 bridgehead atoms. The first-order chi connectivity index (χ1) is 10.3. The second-order valence-electron chi connectivity index (χ2n) is 3.58. The molecule has 3 N–H and O–H groups in total. The third kappa shape index (κ3) is 7.43. The highest BCUT2D eigenvalue weighted by atomic mass is 16.5. The smallest absolute Gasteiger partial charge is 0.336 e. The van der Waals surface area contributed by atoms with Gasteiger partial charge in [0.2, 0.25) is 0 Å². The van der Waals surface area contributed by atoms with Crippen LogP contribution >= 0.6 is 0 Å². The van der Waals surface area contributed by atoms with Crippen molar-refractivity contribution in [1.82, 2.24) is 0 Å². The van der Waals surface area contributed by atoms with Crippen LogP contribution in [0.4, 0.5) is 0 Å². The Balaban J connectivity index is 0.000000409. The number of ether oxygens (including phenoxy) is 1. The van der Waals surface area contributed by atoms with E-state index in [4.69, 9.17) is 15.3 Å². The molecule has 22 heavy (non-hydrogen) atoms. The lowest BCUT2D eigenvalue weighted by molar-refractivity contribution is -0.138. The Labute approximate surface area is 125 Å². The van der Waals surface area contributed by atoms with E-state index in [0.29, 0.717) is 0 Å². The molecule has 0 saturated carbocycles. The topological polar surface area (TPSA) is 138 Å². The molecule has 0 heterocycles. The van der Waals surface area contributed by atoms with Gasteiger partial charge in [0.15, 0.2) is 0 Å². The molecule has 1 aromatic carbocycles. The summed E-state index contributed by atoms with van der Waals surface area (Å²) in [4.78, 5) is 41.1. The van der Waals surface area contributed by atoms with Crippen molar-refractivity contribution in [1.29, 1.82) is 0 Å². The lowest BCUT2D eigenvalue weighted by Gasteiger charge is -1.98. The molecule has 0 saturated heterocycles. The zero-order valence-corrected chi connectivity index (χ0v) is 11.6. The number of esters is 1. The largest absolute Gasteiger partial charge is 0.478 e. The average molecular weight is 310 g/mol. The van der Waals surface area contributed by atoms with E-state index in [-0.39, 0.29) is 17.7 Å². The predicted molar refractivity (Wildman–Crippen MR) is 73.8 cm³/mol. The SMILES string of the molecule is CCOC(=O)/C=C\C(=O)O.O=C(O)c1ccccc1C(=O)O. The monoisotopic (exact) mass is 310 g/mol. The average Bonchev–Trinajstić information content (AvgIpc) is 2.46. The number of carbonyl (C=O) groups is 4. The van der Waals surface area contributed by atoms with Gasteiger partial charge in [-0.05, 0) is 19.1 Å². The fourth-order valence-electron chi connectivity index (χ4n) is 1.19. The molecule has 0 unspecified atom stereocenters. The van der Waals surface area contributed by atoms with Crippen LogP contribution in [0.25, 0.3) is 0 Å². The van der Waals surface area contributed by atoms with Crippen molar-refractivity contribution >= 4 is 23.9 Å². The summed E-state index contributed by atoms with van der Waals surface area (Å²) in [5.74, 6) is -4.25. The number of carbonyl (C=O) groups excluding carboxylic acids is 1. The Kier molecular flexibility index (Phi) is 8.31. The first-order valence-electron chi connectivity index (χ1n) is 5.93. The third-order valence-electron chi connectivity index (χ3n) is 2.04. The first kappa shape index (κ1) is 18.8. The van der Waals surface area contributed by atoms with E-state index in [2.05, 4.69) is 4.74 Å². The van der Waals surface area contributed by atoms with Gasteiger partial charge in [-0.1, -0.05) is 12.1 Å². The molecule has 8 heteroatoms. The van der Waals surface area contributed by atoms with Gasteiger partial charge in [0, 0.05) is 12.2 Å². The van der Waals surface area contributed by atoms with Gasteiger partial charge in [-0.15, -0.1) is 0 Å². The Hall–Kier alpha value is -3.16. The van der Waals surface area contributed by atoms with Gasteiger partial charge in [-0.25, -0.2) is 19.2 Å². The number of hydrogen-bond acceptors (Lipinski definition) is 5. The summed E-state index contributed by atoms with van der Waals surface area (Å²) in [5, 5.41) is 25.1. The van der Waals surface area contributed by atoms with Crippen LogP contribution in [0.5, 0.6) is 0 Å². The van der Waals surface area contributed by atoms with Crippen LogP contribution in [0.3, 0.4) is 0 Å². The van der Waals surface area contributed by atoms with Crippen LogP contribution in [0.1, 0.15) is 27.6 Å². The van der Waals surface area contributed by atoms with Crippen LogP contribution in [-0.4, -0.2) is 45.8 Å². The molecular weight excluding hydrogens is 296 g/mol. The highest BCUT2D eigenvalue weighted by Crippen LogP contribution is 2.07. The summed E-state index contributed by atoms with van der Waals surface area (Å²) in [6, 6.07) is 5.48. The van der Waals surface area contributed by atoms with Gasteiger partial charge in [0.1, 0.15) is 0 Å². The second-order valence-corrected chi connectivity index (χ2v) is 3.58. The number of rotatable bonds is 5. The molecule has 0 aromatic heterocycles. The van der Waals surface area contributed by atoms with Crippen molar-refractivity contribution in [3.05, 3.63) is 47.5 Å². The highest BCUT2D eigenvalue weighted by molar-refractivity contribution is 6.01. The van der Waals surface area contributed by atoms with Gasteiger partial charge in [0.05, 0.1) is 17.7 Å². The Morgan fingerprint density at radius 2 is 1.41 bits per heavy atom. The fraction of sp³-hybridized carbons (Fsp3) is 0.143. The number of carboxylic acid groups (broad SMARTS) is 3. The maximum atomic E-state index is 10.5. The molecule has 0 fully saturated rings. The summed E-state index contributed by atoms with van der Waals surface area (Å²) in [6.45, 7) is 1.90. The Morgan fingerprint density at radius 3 is 1.73 bits per heavy atom. The van der Waals surface area contributed by atoms with Crippen molar-refractivity contribution in [2.45, 2.75) is 6.92 Å². The van der Waals surface area contributed by atoms with Crippen molar-refractivity contribution in [3.63, 3.8) is 0 Å². The quantitative estimate of drug-likeness (QED) is 0.546. The van der Waals surface area contributed by atoms with E-state index < -0.39 is 23.9 Å². The third-order valence-corrected chi connectivity index (χ3v) is 2.04. The van der Waals surface area contributed by atoms with Gasteiger partial charge in [-0.3, -0.25) is 0 Å². The maximum Gasteiger partial charge on any atom is 0.336 e. The van der Waals surface area contributed by atoms with Crippen molar-refractivity contribution < 1.29 is 39.2 Å². The van der Waals surface area contributed by atoms with E-state index in [1.807, 2.05) is 0 Å². The van der Waals surface area contributed by atoms with Crippen LogP contribution in [0, 0.1) is 0 Å². The molecule has 0 aliphatic heterocycles. The molecule has 8 nitrogen and oxygen atoms in total. The molecule has 0 atom stereocenters. The van der Waals surface area contributed by atoms with E-state index in [1.165, 1.54) is 24.3 Å². The molecule has 1 rings (SSSR count). The summed E-state index contributed by atoms with van der Waals surface area (Å²) < 4.78 is 4.40. The van der Waals surface area contributed by atoms with E-state index in [9.17, 15) is 19.2 Å². The standard InChI is InChI=1S/C8H6O4.C6H8O4/c9-7(10)5-3-1-2-4-6(5)8(11)12;1-2-10-6(9)4-3-5(7)8/h1-4H,(H,9,10)(H,11,12);3-4H,2H2,1H3,(H,7,8)/b;4-3-. The molecule has 0 amide bonds. The van der Waals surface area contributed by atoms with Crippen molar-refractivity contribution in [3.8, 4) is 0 Å². The number of hydrogen-bond donors (Lipinski definition) is 3. The summed E-state index contributed by atoms with van der Waals surface area (Å²) in [5.41, 5.74) is -0.380. The Morgan fingerprint density at radius 1 is 0.955 bits per heavy atom. The lowest BCUT2D eigenvalue weighted by Crippen LogP contribution is -2.06. The van der Waals surface area contributed by atoms with Crippen LogP contribution in [0.15, 0.2) is 36.4 Å². The number of benzene rings is 1. The minimum atomic E-state index is -1.23. The minimum Gasteiger partial charge on any atom is -0.478 e. The second kappa shape index (κ2) is 9.70. The molecule has 0 radical (unpaired) electrons. The zero-order valence-electron chi connectivity index (χ0n) is 11.6. The van der Waals surface area contributed by atoms with E-state index >= 15 is 0 Å². The molecule has 0 aliphatic rings. The molecule has 0 aliphatic carbocycles. The van der Waals surface area contributed by atoms with Gasteiger partial charge < -0.3 is 20.1 Å². The first-order valence-corrected chi connectivity index (χ1v) is 5.93. The maximum absolute atomic E-state index is 10.5. The van der Waals surface area contributed by atoms with E-state index in [0.717, 1.165) is 12.2 Å². The predicted octanol–water partition coefficient (Wildman–Crippen LogP) is 1.27. The zero-order chi connectivity index (χ0) is 17.1. The summed E-state index contributed by atoms with van der Waals surface area (Å²) in [7, 11) is 0. The molecular formula is C14H14O8. The lowest BCUT2D eigenvalue weighted by atomic mass is 10.1. The minimum absolute atomic E-state index is 0.190. The van der Waals surface area contributed by atoms with Crippen LogP contribution in [-0.2, 0) is 14.3 Å². The van der Waals surface area contributed by atoms with Crippen molar-refractivity contribution in [2.75, 3.05) is 6.61 Å². The van der Waals surface area contributed by atoms with Gasteiger partial charge in [-0.2, -0.15) is 0 Å². The molecule has 0 spiro atoms. The van der Waals surface area contributed by atoms with Gasteiger partial charge in [0.25, 0.3) is 0 Å². The van der Waals surface area contributed by atoms with Crippen molar-refractivity contribution in [2.24, 2.45) is 0 Å². The summed E-state index contributed by atoms with van der Waals surface area (Å²) in [6.07, 6.45) is 1.60. The highest BCUT2D eigenvalue weighted by Gasteiger charge is 2.13. The Bertz CT molecular complexity index is 555. The summed E-state index contributed by atoms with van der Waals surface area (Å²) >= 11 is 0. The number of aliphatic carboxylic acids is 1. The fourth-order valence-corrected chi connectivity index (χ4v) is 1.19. The number of carboxylic acids is 3. The molecule has 118 valence electrons. The number of aromatic carboxylic acids is 2. The van der Waals surface area contributed by atoms with Crippen LogP contribution < -0.4 is 0 Å².